The molecular formula is C28H24N3O4-. The number of H-pyrrole nitrogens is 1. The van der Waals surface area contributed by atoms with Gasteiger partial charge in [0.15, 0.2) is 0 Å². The van der Waals surface area contributed by atoms with Gasteiger partial charge in [0.2, 0.25) is 0 Å². The number of nitrogens with one attached hydrogen (secondary N) is 3. The number of carbonyl (C=O) groups is 3. The van der Waals surface area contributed by atoms with Gasteiger partial charge in [-0.25, -0.2) is 0 Å². The van der Waals surface area contributed by atoms with Crippen LogP contribution in [0.2, 0.25) is 0 Å². The van der Waals surface area contributed by atoms with E-state index in [9.17, 15) is 19.5 Å². The van der Waals surface area contributed by atoms with Gasteiger partial charge in [0.1, 0.15) is 5.70 Å². The molecule has 0 bridgehead atoms. The molecule has 176 valence electrons. The first-order chi connectivity index (χ1) is 16.9. The lowest BCUT2D eigenvalue weighted by atomic mass is 10.0. The van der Waals surface area contributed by atoms with Crippen molar-refractivity contribution in [2.45, 2.75) is 19.4 Å². The maximum Gasteiger partial charge on any atom is 0.268 e. The number of hydrogen-bond donors (Lipinski definition) is 3. The second-order valence-electron chi connectivity index (χ2n) is 8.20. The SMILES string of the molecule is Cc1ccc(/C=C(\NC(=O)c2ccccc2)C(=O)N[C@H](Cc2c[nH]c3ccccc23)C(=O)[O-])cc1. The zero-order chi connectivity index (χ0) is 24.8. The third kappa shape index (κ3) is 5.83. The largest absolute Gasteiger partial charge is 0.548 e. The molecule has 0 fully saturated rings. The van der Waals surface area contributed by atoms with Crippen molar-refractivity contribution in [3.8, 4) is 0 Å². The van der Waals surface area contributed by atoms with Gasteiger partial charge in [-0.3, -0.25) is 9.59 Å². The van der Waals surface area contributed by atoms with Crippen LogP contribution in [0.5, 0.6) is 0 Å². The Labute approximate surface area is 202 Å². The van der Waals surface area contributed by atoms with Crippen LogP contribution in [-0.4, -0.2) is 28.8 Å². The molecule has 1 aromatic heterocycles. The number of fused-ring (bicyclic) bond motifs is 1. The topological polar surface area (TPSA) is 114 Å². The van der Waals surface area contributed by atoms with Gasteiger partial charge in [-0.2, -0.15) is 0 Å². The summed E-state index contributed by atoms with van der Waals surface area (Å²) in [5, 5.41) is 17.9. The van der Waals surface area contributed by atoms with E-state index in [0.717, 1.165) is 22.0 Å². The molecule has 0 saturated carbocycles. The van der Waals surface area contributed by atoms with Crippen molar-refractivity contribution in [3.63, 3.8) is 0 Å². The summed E-state index contributed by atoms with van der Waals surface area (Å²) < 4.78 is 0. The predicted octanol–water partition coefficient (Wildman–Crippen LogP) is 2.72. The summed E-state index contributed by atoms with van der Waals surface area (Å²) in [4.78, 5) is 41.0. The predicted molar refractivity (Wildman–Crippen MR) is 132 cm³/mol. The Kier molecular flexibility index (Phi) is 7.07. The Morgan fingerprint density at radius 3 is 2.34 bits per heavy atom. The van der Waals surface area contributed by atoms with Crippen LogP contribution in [0, 0.1) is 6.92 Å². The van der Waals surface area contributed by atoms with Crippen molar-refractivity contribution in [2.24, 2.45) is 0 Å². The summed E-state index contributed by atoms with van der Waals surface area (Å²) >= 11 is 0. The number of carboxylic acids is 1. The first-order valence-electron chi connectivity index (χ1n) is 11.1. The van der Waals surface area contributed by atoms with E-state index in [2.05, 4.69) is 15.6 Å². The van der Waals surface area contributed by atoms with Crippen molar-refractivity contribution in [1.82, 2.24) is 15.6 Å². The minimum absolute atomic E-state index is 0.0164. The molecule has 0 aliphatic heterocycles. The van der Waals surface area contributed by atoms with Crippen LogP contribution in [-0.2, 0) is 16.0 Å². The number of hydrogen-bond acceptors (Lipinski definition) is 4. The van der Waals surface area contributed by atoms with Gasteiger partial charge in [-0.05, 0) is 42.3 Å². The van der Waals surface area contributed by atoms with E-state index in [1.54, 1.807) is 48.7 Å². The van der Waals surface area contributed by atoms with Gasteiger partial charge in [-0.1, -0.05) is 66.2 Å². The molecule has 0 aliphatic rings. The molecular weight excluding hydrogens is 442 g/mol. The van der Waals surface area contributed by atoms with Crippen LogP contribution in [0.4, 0.5) is 0 Å². The summed E-state index contributed by atoms with van der Waals surface area (Å²) in [6, 6.07) is 22.0. The van der Waals surface area contributed by atoms with Gasteiger partial charge in [0, 0.05) is 29.1 Å². The Morgan fingerprint density at radius 2 is 1.63 bits per heavy atom. The molecule has 3 N–H and O–H groups in total. The number of para-hydroxylation sites is 1. The van der Waals surface area contributed by atoms with Crippen LogP contribution >= 0.6 is 0 Å². The highest BCUT2D eigenvalue weighted by atomic mass is 16.4. The van der Waals surface area contributed by atoms with E-state index < -0.39 is 23.8 Å². The second-order valence-corrected chi connectivity index (χ2v) is 8.20. The Hall–Kier alpha value is -4.65. The fourth-order valence-corrected chi connectivity index (χ4v) is 3.72. The molecule has 0 saturated heterocycles. The lowest BCUT2D eigenvalue weighted by Crippen LogP contribution is -2.50. The van der Waals surface area contributed by atoms with Crippen LogP contribution in [0.3, 0.4) is 0 Å². The van der Waals surface area contributed by atoms with E-state index in [1.165, 1.54) is 6.08 Å². The smallest absolute Gasteiger partial charge is 0.268 e. The molecule has 3 aromatic carbocycles. The molecule has 4 aromatic rings. The van der Waals surface area contributed by atoms with Crippen LogP contribution in [0.15, 0.2) is 90.8 Å². The molecule has 7 heteroatoms. The molecule has 0 aliphatic carbocycles. The highest BCUT2D eigenvalue weighted by Gasteiger charge is 2.21. The first kappa shape index (κ1) is 23.5. The number of aryl methyl sites for hydroxylation is 1. The summed E-state index contributed by atoms with van der Waals surface area (Å²) in [5.41, 5.74) is 3.60. The van der Waals surface area contributed by atoms with Gasteiger partial charge in [0.25, 0.3) is 11.8 Å². The van der Waals surface area contributed by atoms with E-state index in [1.807, 2.05) is 43.3 Å². The van der Waals surface area contributed by atoms with Gasteiger partial charge in [0.05, 0.1) is 12.0 Å². The lowest BCUT2D eigenvalue weighted by Gasteiger charge is -2.21. The average Bonchev–Trinajstić information content (AvgIpc) is 3.27. The number of carboxylic acid groups (broad SMARTS) is 1. The molecule has 4 rings (SSSR count). The Bertz CT molecular complexity index is 1390. The normalized spacial score (nSPS) is 12.2. The van der Waals surface area contributed by atoms with Crippen molar-refractivity contribution in [2.75, 3.05) is 0 Å². The molecule has 0 spiro atoms. The van der Waals surface area contributed by atoms with E-state index in [0.29, 0.717) is 11.1 Å². The summed E-state index contributed by atoms with van der Waals surface area (Å²) in [7, 11) is 0. The van der Waals surface area contributed by atoms with Crippen LogP contribution in [0.25, 0.3) is 17.0 Å². The minimum atomic E-state index is -1.42. The van der Waals surface area contributed by atoms with Crippen molar-refractivity contribution in [1.29, 1.82) is 0 Å². The zero-order valence-electron chi connectivity index (χ0n) is 19.1. The van der Waals surface area contributed by atoms with Gasteiger partial charge in [-0.15, -0.1) is 0 Å². The van der Waals surface area contributed by atoms with Gasteiger partial charge >= 0.3 is 0 Å². The second kappa shape index (κ2) is 10.5. The number of carbonyl (C=O) groups excluding carboxylic acids is 3. The van der Waals surface area contributed by atoms with Gasteiger partial charge < -0.3 is 25.5 Å². The zero-order valence-corrected chi connectivity index (χ0v) is 19.1. The highest BCUT2D eigenvalue weighted by Crippen LogP contribution is 2.19. The molecule has 1 atom stereocenters. The van der Waals surface area contributed by atoms with Crippen molar-refractivity contribution >= 4 is 34.8 Å². The molecule has 0 unspecified atom stereocenters. The summed E-state index contributed by atoms with van der Waals surface area (Å²) in [6.07, 6.45) is 3.24. The number of aliphatic carboxylic acids is 1. The minimum Gasteiger partial charge on any atom is -0.548 e. The quantitative estimate of drug-likeness (QED) is 0.347. The summed E-state index contributed by atoms with van der Waals surface area (Å²) in [5.74, 6) is -2.64. The molecule has 7 nitrogen and oxygen atoms in total. The number of amides is 2. The number of aromatic amines is 1. The van der Waals surface area contributed by atoms with Crippen molar-refractivity contribution in [3.05, 3.63) is 113 Å². The third-order valence-corrected chi connectivity index (χ3v) is 5.61. The highest BCUT2D eigenvalue weighted by molar-refractivity contribution is 6.06. The maximum absolute atomic E-state index is 13.2. The van der Waals surface area contributed by atoms with Crippen LogP contribution < -0.4 is 15.7 Å². The Morgan fingerprint density at radius 1 is 0.943 bits per heavy atom. The fraction of sp³-hybridized carbons (Fsp3) is 0.107. The van der Waals surface area contributed by atoms with Crippen molar-refractivity contribution < 1.29 is 19.5 Å². The lowest BCUT2D eigenvalue weighted by molar-refractivity contribution is -0.308. The molecule has 1 heterocycles. The molecule has 0 radical (unpaired) electrons. The monoisotopic (exact) mass is 466 g/mol. The average molecular weight is 467 g/mol. The first-order valence-corrected chi connectivity index (χ1v) is 11.1. The van der Waals surface area contributed by atoms with E-state index in [-0.39, 0.29) is 12.1 Å². The van der Waals surface area contributed by atoms with Crippen LogP contribution in [0.1, 0.15) is 27.0 Å². The third-order valence-electron chi connectivity index (χ3n) is 5.61. The maximum atomic E-state index is 13.2. The fourth-order valence-electron chi connectivity index (χ4n) is 3.72. The number of benzene rings is 3. The molecule has 2 amide bonds. The molecule has 35 heavy (non-hydrogen) atoms. The Balaban J connectivity index is 1.59. The number of aromatic nitrogens is 1. The number of rotatable bonds is 8. The summed E-state index contributed by atoms with van der Waals surface area (Å²) in [6.45, 7) is 1.94. The standard InChI is InChI=1S/C28H25N3O4/c1-18-11-13-19(14-12-18)15-24(30-26(32)20-7-3-2-4-8-20)27(33)31-25(28(34)35)16-21-17-29-23-10-6-5-9-22(21)23/h2-15,17,25,29H,16H2,1H3,(H,30,32)(H,31,33)(H,34,35)/p-1/b24-15-/t25-/m1/s1. The van der Waals surface area contributed by atoms with E-state index in [4.69, 9.17) is 0 Å². The van der Waals surface area contributed by atoms with E-state index >= 15 is 0 Å².